The zero-order valence-corrected chi connectivity index (χ0v) is 20.2. The molecule has 4 heterocycles. The van der Waals surface area contributed by atoms with Gasteiger partial charge in [0.2, 0.25) is 5.95 Å². The predicted molar refractivity (Wildman–Crippen MR) is 134 cm³/mol. The van der Waals surface area contributed by atoms with Gasteiger partial charge in [0.15, 0.2) is 0 Å². The van der Waals surface area contributed by atoms with E-state index in [0.29, 0.717) is 45.3 Å². The number of nitrogens with zero attached hydrogens (tertiary/aromatic N) is 6. The van der Waals surface area contributed by atoms with Crippen LogP contribution in [0.1, 0.15) is 18.1 Å². The number of aromatic nitrogens is 3. The van der Waals surface area contributed by atoms with Gasteiger partial charge in [0.05, 0.1) is 24.5 Å². The summed E-state index contributed by atoms with van der Waals surface area (Å²) in [6, 6.07) is 12.7. The van der Waals surface area contributed by atoms with Crippen molar-refractivity contribution in [2.75, 3.05) is 67.2 Å². The summed E-state index contributed by atoms with van der Waals surface area (Å²) in [6.45, 7) is 6.68. The molecule has 0 saturated carbocycles. The molecule has 0 N–H and O–H groups in total. The first-order valence-electron chi connectivity index (χ1n) is 12.3. The molecule has 10 heteroatoms. The summed E-state index contributed by atoms with van der Waals surface area (Å²) < 4.78 is 46.1. The molecule has 0 atom stereocenters. The Morgan fingerprint density at radius 3 is 2.33 bits per heavy atom. The minimum absolute atomic E-state index is 0.0234. The smallest absolute Gasteiger partial charge is 0.378 e. The molecular formula is C26H29F3N6O. The van der Waals surface area contributed by atoms with Crippen molar-refractivity contribution < 1.29 is 17.9 Å². The lowest BCUT2D eigenvalue weighted by Crippen LogP contribution is -2.48. The van der Waals surface area contributed by atoms with Crippen LogP contribution in [0.15, 0.2) is 48.7 Å². The van der Waals surface area contributed by atoms with Gasteiger partial charge in [-0.1, -0.05) is 25.1 Å². The molecule has 0 unspecified atom stereocenters. The third-order valence-electron chi connectivity index (χ3n) is 6.62. The Labute approximate surface area is 208 Å². The van der Waals surface area contributed by atoms with Crippen LogP contribution < -0.4 is 14.7 Å². The summed E-state index contributed by atoms with van der Waals surface area (Å²) in [4.78, 5) is 19.8. The van der Waals surface area contributed by atoms with E-state index in [4.69, 9.17) is 14.7 Å². The number of alkyl halides is 3. The van der Waals surface area contributed by atoms with E-state index in [0.717, 1.165) is 42.7 Å². The van der Waals surface area contributed by atoms with E-state index < -0.39 is 11.7 Å². The Hall–Kier alpha value is -3.40. The highest BCUT2D eigenvalue weighted by Crippen LogP contribution is 2.35. The fourth-order valence-corrected chi connectivity index (χ4v) is 4.60. The molecule has 3 aromatic rings. The standard InChI is InChI=1S/C26H29F3N6O/c1-2-19-5-3-6-20(17-19)22-18-23(33-13-15-36-16-14-33)32-25(31-22)35-11-9-34(10-12-35)24-21(26(27,28)29)7-4-8-30-24/h3-8,17-18H,2,9-16H2,1H3. The highest BCUT2D eigenvalue weighted by molar-refractivity contribution is 5.66. The van der Waals surface area contributed by atoms with Crippen LogP contribution in [0.25, 0.3) is 11.3 Å². The molecule has 2 aromatic heterocycles. The molecule has 0 bridgehead atoms. The van der Waals surface area contributed by atoms with Crippen LogP contribution >= 0.6 is 0 Å². The zero-order chi connectivity index (χ0) is 25.1. The molecule has 2 aliphatic rings. The number of aryl methyl sites for hydroxylation is 1. The lowest BCUT2D eigenvalue weighted by molar-refractivity contribution is -0.137. The van der Waals surface area contributed by atoms with E-state index in [1.54, 1.807) is 4.90 Å². The number of rotatable bonds is 5. The molecule has 0 radical (unpaired) electrons. The van der Waals surface area contributed by atoms with E-state index in [-0.39, 0.29) is 5.82 Å². The van der Waals surface area contributed by atoms with Gasteiger partial charge in [-0.05, 0) is 30.2 Å². The van der Waals surface area contributed by atoms with Gasteiger partial charge in [-0.25, -0.2) is 9.97 Å². The number of benzene rings is 1. The fourth-order valence-electron chi connectivity index (χ4n) is 4.60. The third kappa shape index (κ3) is 5.23. The first kappa shape index (κ1) is 24.3. The normalized spacial score (nSPS) is 16.9. The first-order chi connectivity index (χ1) is 17.4. The predicted octanol–water partition coefficient (Wildman–Crippen LogP) is 4.28. The van der Waals surface area contributed by atoms with Crippen molar-refractivity contribution in [1.82, 2.24) is 15.0 Å². The topological polar surface area (TPSA) is 57.6 Å². The van der Waals surface area contributed by atoms with Gasteiger partial charge in [0.25, 0.3) is 0 Å². The second-order valence-electron chi connectivity index (χ2n) is 8.91. The minimum Gasteiger partial charge on any atom is -0.378 e. The molecular weight excluding hydrogens is 469 g/mol. The van der Waals surface area contributed by atoms with Crippen molar-refractivity contribution in [1.29, 1.82) is 0 Å². The van der Waals surface area contributed by atoms with E-state index in [2.05, 4.69) is 28.9 Å². The number of piperazine rings is 1. The van der Waals surface area contributed by atoms with Crippen molar-refractivity contribution in [2.24, 2.45) is 0 Å². The monoisotopic (exact) mass is 498 g/mol. The van der Waals surface area contributed by atoms with Gasteiger partial charge in [0, 0.05) is 57.1 Å². The number of ether oxygens (including phenoxy) is 1. The van der Waals surface area contributed by atoms with Crippen LogP contribution in [0, 0.1) is 0 Å². The SMILES string of the molecule is CCc1cccc(-c2cc(N3CCOCC3)nc(N3CCN(c4ncccc4C(F)(F)F)CC3)n2)c1. The summed E-state index contributed by atoms with van der Waals surface area (Å²) in [7, 11) is 0. The summed E-state index contributed by atoms with van der Waals surface area (Å²) in [6.07, 6.45) is -2.11. The van der Waals surface area contributed by atoms with Gasteiger partial charge in [-0.3, -0.25) is 0 Å². The molecule has 36 heavy (non-hydrogen) atoms. The van der Waals surface area contributed by atoms with Gasteiger partial charge < -0.3 is 19.4 Å². The molecule has 2 aliphatic heterocycles. The average Bonchev–Trinajstić information content (AvgIpc) is 2.93. The molecule has 190 valence electrons. The van der Waals surface area contributed by atoms with E-state index in [1.165, 1.54) is 17.8 Å². The summed E-state index contributed by atoms with van der Waals surface area (Å²) in [5.41, 5.74) is 2.38. The van der Waals surface area contributed by atoms with Crippen LogP contribution in [-0.4, -0.2) is 67.4 Å². The van der Waals surface area contributed by atoms with Crippen molar-refractivity contribution >= 4 is 17.6 Å². The fraction of sp³-hybridized carbons (Fsp3) is 0.423. The van der Waals surface area contributed by atoms with Crippen molar-refractivity contribution in [3.05, 3.63) is 59.8 Å². The van der Waals surface area contributed by atoms with E-state index >= 15 is 0 Å². The molecule has 7 nitrogen and oxygen atoms in total. The summed E-state index contributed by atoms with van der Waals surface area (Å²) in [5.74, 6) is 1.41. The third-order valence-corrected chi connectivity index (χ3v) is 6.62. The highest BCUT2D eigenvalue weighted by atomic mass is 19.4. The molecule has 0 spiro atoms. The van der Waals surface area contributed by atoms with Crippen LogP contribution in [0.4, 0.5) is 30.8 Å². The molecule has 2 saturated heterocycles. The highest BCUT2D eigenvalue weighted by Gasteiger charge is 2.36. The van der Waals surface area contributed by atoms with Crippen LogP contribution in [0.5, 0.6) is 0 Å². The Balaban J connectivity index is 1.42. The number of pyridine rings is 1. The first-order valence-corrected chi connectivity index (χ1v) is 12.3. The number of morpholine rings is 1. The maximum absolute atomic E-state index is 13.5. The number of hydrogen-bond acceptors (Lipinski definition) is 7. The van der Waals surface area contributed by atoms with E-state index in [9.17, 15) is 13.2 Å². The molecule has 0 aliphatic carbocycles. The Morgan fingerprint density at radius 2 is 1.61 bits per heavy atom. The zero-order valence-electron chi connectivity index (χ0n) is 20.2. The van der Waals surface area contributed by atoms with Gasteiger partial charge >= 0.3 is 6.18 Å². The second-order valence-corrected chi connectivity index (χ2v) is 8.91. The van der Waals surface area contributed by atoms with Crippen molar-refractivity contribution in [3.8, 4) is 11.3 Å². The van der Waals surface area contributed by atoms with Crippen LogP contribution in [0.2, 0.25) is 0 Å². The van der Waals surface area contributed by atoms with Crippen molar-refractivity contribution in [3.63, 3.8) is 0 Å². The summed E-state index contributed by atoms with van der Waals surface area (Å²) in [5, 5.41) is 0. The molecule has 5 rings (SSSR count). The van der Waals surface area contributed by atoms with E-state index in [1.807, 2.05) is 23.1 Å². The molecule has 1 aromatic carbocycles. The number of halogens is 3. The number of hydrogen-bond donors (Lipinski definition) is 0. The van der Waals surface area contributed by atoms with Gasteiger partial charge in [-0.2, -0.15) is 18.2 Å². The molecule has 0 amide bonds. The van der Waals surface area contributed by atoms with Crippen LogP contribution in [-0.2, 0) is 17.3 Å². The van der Waals surface area contributed by atoms with Crippen LogP contribution in [0.3, 0.4) is 0 Å². The minimum atomic E-state index is -4.45. The molecule has 2 fully saturated rings. The maximum atomic E-state index is 13.5. The summed E-state index contributed by atoms with van der Waals surface area (Å²) >= 11 is 0. The van der Waals surface area contributed by atoms with Crippen molar-refractivity contribution in [2.45, 2.75) is 19.5 Å². The Bertz CT molecular complexity index is 1190. The number of anilines is 3. The lowest BCUT2D eigenvalue weighted by atomic mass is 10.1. The quantitative estimate of drug-likeness (QED) is 0.520. The van der Waals surface area contributed by atoms with Gasteiger partial charge in [-0.15, -0.1) is 0 Å². The largest absolute Gasteiger partial charge is 0.419 e. The average molecular weight is 499 g/mol. The van der Waals surface area contributed by atoms with Gasteiger partial charge in [0.1, 0.15) is 11.6 Å². The second kappa shape index (κ2) is 10.3. The lowest BCUT2D eigenvalue weighted by Gasteiger charge is -2.37. The Kier molecular flexibility index (Phi) is 6.95. The Morgan fingerprint density at radius 1 is 0.861 bits per heavy atom. The maximum Gasteiger partial charge on any atom is 0.419 e.